The van der Waals surface area contributed by atoms with Gasteiger partial charge in [0.1, 0.15) is 0 Å². The van der Waals surface area contributed by atoms with E-state index in [1.54, 1.807) is 12.1 Å². The van der Waals surface area contributed by atoms with Gasteiger partial charge in [-0.05, 0) is 69.6 Å². The molecule has 2 fully saturated rings. The van der Waals surface area contributed by atoms with Gasteiger partial charge in [0.2, 0.25) is 0 Å². The average molecular weight is 327 g/mol. The first-order valence-electron chi connectivity index (χ1n) is 8.22. The lowest BCUT2D eigenvalue weighted by Gasteiger charge is -2.32. The number of hydrogen-bond acceptors (Lipinski definition) is 5. The SMILES string of the molecule is COC(=O)c1c(B2OC(C)(C)C(C)(C)O2)cc(C#N)cc1C1CC1. The average Bonchev–Trinajstić information content (AvgIpc) is 3.33. The maximum atomic E-state index is 12.5. The van der Waals surface area contributed by atoms with Gasteiger partial charge in [-0.25, -0.2) is 4.79 Å². The van der Waals surface area contributed by atoms with Crippen LogP contribution in [0.25, 0.3) is 0 Å². The van der Waals surface area contributed by atoms with Crippen LogP contribution in [0.15, 0.2) is 12.1 Å². The van der Waals surface area contributed by atoms with Crippen LogP contribution in [0.4, 0.5) is 0 Å². The maximum absolute atomic E-state index is 12.5. The highest BCUT2D eigenvalue weighted by Crippen LogP contribution is 2.43. The zero-order chi connectivity index (χ0) is 17.7. The van der Waals surface area contributed by atoms with Crippen LogP contribution in [0.2, 0.25) is 0 Å². The molecule has 1 saturated heterocycles. The van der Waals surface area contributed by atoms with Gasteiger partial charge in [0.15, 0.2) is 0 Å². The summed E-state index contributed by atoms with van der Waals surface area (Å²) in [7, 11) is 0.667. The Balaban J connectivity index is 2.15. The van der Waals surface area contributed by atoms with Gasteiger partial charge in [0.05, 0.1) is 35.5 Å². The van der Waals surface area contributed by atoms with Crippen LogP contribution in [0.1, 0.15) is 67.9 Å². The third-order valence-corrected chi connectivity index (χ3v) is 5.24. The summed E-state index contributed by atoms with van der Waals surface area (Å²) in [6.07, 6.45) is 2.03. The van der Waals surface area contributed by atoms with Gasteiger partial charge in [-0.15, -0.1) is 0 Å². The molecule has 3 rings (SSSR count). The van der Waals surface area contributed by atoms with E-state index in [2.05, 4.69) is 6.07 Å². The second kappa shape index (κ2) is 5.61. The van der Waals surface area contributed by atoms with Crippen LogP contribution < -0.4 is 5.46 Å². The Morgan fingerprint density at radius 2 is 1.83 bits per heavy atom. The number of esters is 1. The minimum atomic E-state index is -0.699. The van der Waals surface area contributed by atoms with Crippen molar-refractivity contribution in [2.45, 2.75) is 57.7 Å². The fourth-order valence-electron chi connectivity index (χ4n) is 2.96. The predicted molar refractivity (Wildman–Crippen MR) is 90.2 cm³/mol. The highest BCUT2D eigenvalue weighted by Gasteiger charge is 2.53. The minimum absolute atomic E-state index is 0.300. The molecular formula is C18H22BNO4. The van der Waals surface area contributed by atoms with Crippen molar-refractivity contribution in [1.82, 2.24) is 0 Å². The van der Waals surface area contributed by atoms with Gasteiger partial charge >= 0.3 is 13.1 Å². The highest BCUT2D eigenvalue weighted by molar-refractivity contribution is 6.63. The molecule has 0 radical (unpaired) electrons. The molecule has 0 amide bonds. The molecule has 1 aliphatic carbocycles. The molecule has 24 heavy (non-hydrogen) atoms. The number of ether oxygens (including phenoxy) is 1. The summed E-state index contributed by atoms with van der Waals surface area (Å²) >= 11 is 0. The van der Waals surface area contributed by atoms with Crippen LogP contribution in [0.3, 0.4) is 0 Å². The summed E-state index contributed by atoms with van der Waals surface area (Å²) in [5, 5.41) is 9.38. The topological polar surface area (TPSA) is 68.6 Å². The van der Waals surface area contributed by atoms with Crippen LogP contribution >= 0.6 is 0 Å². The molecule has 0 aromatic heterocycles. The van der Waals surface area contributed by atoms with E-state index in [-0.39, 0.29) is 0 Å². The molecule has 0 unspecified atom stereocenters. The maximum Gasteiger partial charge on any atom is 0.495 e. The van der Waals surface area contributed by atoms with Crippen molar-refractivity contribution in [1.29, 1.82) is 5.26 Å². The van der Waals surface area contributed by atoms with E-state index >= 15 is 0 Å². The Morgan fingerprint density at radius 3 is 2.29 bits per heavy atom. The fraction of sp³-hybridized carbons (Fsp3) is 0.556. The molecule has 1 aliphatic heterocycles. The van der Waals surface area contributed by atoms with E-state index in [0.717, 1.165) is 18.4 Å². The Kier molecular flexibility index (Phi) is 3.97. The molecule has 1 aromatic rings. The molecule has 0 atom stereocenters. The van der Waals surface area contributed by atoms with Gasteiger partial charge in [0, 0.05) is 0 Å². The predicted octanol–water partition coefficient (Wildman–Crippen LogP) is 2.52. The van der Waals surface area contributed by atoms with E-state index in [1.165, 1.54) is 7.11 Å². The monoisotopic (exact) mass is 327 g/mol. The van der Waals surface area contributed by atoms with Crippen molar-refractivity contribution in [2.24, 2.45) is 0 Å². The summed E-state index contributed by atoms with van der Waals surface area (Å²) in [6, 6.07) is 5.65. The molecule has 5 nitrogen and oxygen atoms in total. The number of rotatable bonds is 3. The molecule has 2 aliphatic rings. The summed E-state index contributed by atoms with van der Waals surface area (Å²) in [4.78, 5) is 12.5. The van der Waals surface area contributed by atoms with Crippen LogP contribution in [-0.4, -0.2) is 31.4 Å². The summed E-state index contributed by atoms with van der Waals surface area (Å²) in [5.41, 5.74) is 1.40. The number of carbonyl (C=O) groups is 1. The van der Waals surface area contributed by atoms with Crippen LogP contribution in [0, 0.1) is 11.3 Å². The third kappa shape index (κ3) is 2.72. The van der Waals surface area contributed by atoms with Gasteiger partial charge in [0.25, 0.3) is 0 Å². The van der Waals surface area contributed by atoms with E-state index in [0.29, 0.717) is 22.5 Å². The molecular weight excluding hydrogens is 305 g/mol. The van der Waals surface area contributed by atoms with E-state index in [4.69, 9.17) is 14.0 Å². The van der Waals surface area contributed by atoms with E-state index < -0.39 is 24.3 Å². The zero-order valence-corrected chi connectivity index (χ0v) is 14.8. The second-order valence-electron chi connectivity index (χ2n) is 7.50. The first-order valence-corrected chi connectivity index (χ1v) is 8.22. The highest BCUT2D eigenvalue weighted by atomic mass is 16.7. The molecule has 1 heterocycles. The largest absolute Gasteiger partial charge is 0.495 e. The van der Waals surface area contributed by atoms with Crippen molar-refractivity contribution in [3.8, 4) is 6.07 Å². The lowest BCUT2D eigenvalue weighted by Crippen LogP contribution is -2.41. The first-order chi connectivity index (χ1) is 11.2. The molecule has 1 saturated carbocycles. The summed E-state index contributed by atoms with van der Waals surface area (Å²) < 4.78 is 17.2. The molecule has 0 N–H and O–H groups in total. The molecule has 126 valence electrons. The Labute approximate surface area is 143 Å². The second-order valence-corrected chi connectivity index (χ2v) is 7.50. The number of carbonyl (C=O) groups excluding carboxylic acids is 1. The normalized spacial score (nSPS) is 21.4. The van der Waals surface area contributed by atoms with Gasteiger partial charge < -0.3 is 14.0 Å². The quantitative estimate of drug-likeness (QED) is 0.630. The van der Waals surface area contributed by atoms with Crippen LogP contribution in [0.5, 0.6) is 0 Å². The lowest BCUT2D eigenvalue weighted by molar-refractivity contribution is 0.00578. The number of hydrogen-bond donors (Lipinski definition) is 0. The van der Waals surface area contributed by atoms with Crippen molar-refractivity contribution >= 4 is 18.6 Å². The Hall–Kier alpha value is -1.84. The van der Waals surface area contributed by atoms with E-state index in [1.807, 2.05) is 27.7 Å². The summed E-state index contributed by atoms with van der Waals surface area (Å²) in [5.74, 6) is -0.111. The minimum Gasteiger partial charge on any atom is -0.465 e. The molecule has 1 aromatic carbocycles. The van der Waals surface area contributed by atoms with Crippen molar-refractivity contribution < 1.29 is 18.8 Å². The lowest BCUT2D eigenvalue weighted by atomic mass is 9.73. The van der Waals surface area contributed by atoms with Crippen molar-refractivity contribution in [2.75, 3.05) is 7.11 Å². The number of nitrogens with zero attached hydrogens (tertiary/aromatic N) is 1. The van der Waals surface area contributed by atoms with E-state index in [9.17, 15) is 10.1 Å². The van der Waals surface area contributed by atoms with Gasteiger partial charge in [-0.3, -0.25) is 0 Å². The van der Waals surface area contributed by atoms with Crippen LogP contribution in [-0.2, 0) is 14.0 Å². The van der Waals surface area contributed by atoms with Gasteiger partial charge in [-0.1, -0.05) is 0 Å². The van der Waals surface area contributed by atoms with Crippen molar-refractivity contribution in [3.05, 3.63) is 28.8 Å². The zero-order valence-electron chi connectivity index (χ0n) is 14.8. The van der Waals surface area contributed by atoms with Gasteiger partial charge in [-0.2, -0.15) is 5.26 Å². The van der Waals surface area contributed by atoms with Crippen molar-refractivity contribution in [3.63, 3.8) is 0 Å². The fourth-order valence-corrected chi connectivity index (χ4v) is 2.96. The standard InChI is InChI=1S/C18H22BNO4/c1-17(2)18(3,4)24-19(23-17)14-9-11(10-20)8-13(12-6-7-12)15(14)16(21)22-5/h8-9,12H,6-7H2,1-5H3. The Bertz CT molecular complexity index is 715. The number of methoxy groups -OCH3 is 1. The molecule has 0 bridgehead atoms. The smallest absolute Gasteiger partial charge is 0.465 e. The summed E-state index contributed by atoms with van der Waals surface area (Å²) in [6.45, 7) is 7.84. The molecule has 6 heteroatoms. The molecule has 0 spiro atoms. The number of benzene rings is 1. The third-order valence-electron chi connectivity index (χ3n) is 5.24. The number of nitriles is 1. The Morgan fingerprint density at radius 1 is 1.25 bits per heavy atom. The first kappa shape index (κ1) is 17.0.